The van der Waals surface area contributed by atoms with Crippen LogP contribution in [0.5, 0.6) is 0 Å². The summed E-state index contributed by atoms with van der Waals surface area (Å²) < 4.78 is 35.4. The van der Waals surface area contributed by atoms with Crippen LogP contribution >= 0.6 is 0 Å². The molecule has 29 heavy (non-hydrogen) atoms. The first-order valence-corrected chi connectivity index (χ1v) is 11.9. The average molecular weight is 409 g/mol. The van der Waals surface area contributed by atoms with Gasteiger partial charge in [0.2, 0.25) is 0 Å². The van der Waals surface area contributed by atoms with Crippen molar-refractivity contribution in [2.45, 2.75) is 82.9 Å². The highest BCUT2D eigenvalue weighted by Crippen LogP contribution is 2.47. The van der Waals surface area contributed by atoms with Crippen LogP contribution in [0.3, 0.4) is 0 Å². The Labute approximate surface area is 173 Å². The summed E-state index contributed by atoms with van der Waals surface area (Å²) in [6, 6.07) is 0. The minimum atomic E-state index is -1.25. The molecule has 1 spiro atoms. The molecule has 0 N–H and O–H groups in total. The first-order chi connectivity index (χ1) is 14.1. The molecule has 6 heteroatoms. The Kier molecular flexibility index (Phi) is 4.98. The van der Waals surface area contributed by atoms with Gasteiger partial charge in [0.05, 0.1) is 50.8 Å². The molecule has 0 radical (unpaired) electrons. The lowest BCUT2D eigenvalue weighted by Gasteiger charge is -2.43. The lowest BCUT2D eigenvalue weighted by atomic mass is 9.76. The van der Waals surface area contributed by atoms with Crippen molar-refractivity contribution in [1.82, 2.24) is 0 Å². The van der Waals surface area contributed by atoms with Crippen molar-refractivity contribution in [3.05, 3.63) is 0 Å². The Morgan fingerprint density at radius 3 is 1.38 bits per heavy atom. The van der Waals surface area contributed by atoms with E-state index in [0.717, 1.165) is 36.5 Å². The molecule has 0 aromatic heterocycles. The van der Waals surface area contributed by atoms with Gasteiger partial charge >= 0.3 is 6.16 Å². The van der Waals surface area contributed by atoms with Gasteiger partial charge in [-0.3, -0.25) is 0 Å². The van der Waals surface area contributed by atoms with E-state index in [1.165, 1.54) is 25.7 Å². The third-order valence-electron chi connectivity index (χ3n) is 8.52. The maximum Gasteiger partial charge on any atom is 0.412 e. The molecule has 8 atom stereocenters. The summed E-state index contributed by atoms with van der Waals surface area (Å²) in [5.41, 5.74) is 0. The summed E-state index contributed by atoms with van der Waals surface area (Å²) in [6.45, 7) is 7.35. The molecule has 6 fully saturated rings. The molecule has 0 aromatic carbocycles. The Bertz CT molecular complexity index is 541. The average Bonchev–Trinajstić information content (AvgIpc) is 3.62. The largest absolute Gasteiger partial charge is 0.412 e. The second kappa shape index (κ2) is 7.42. The van der Waals surface area contributed by atoms with Crippen LogP contribution in [0.25, 0.3) is 0 Å². The quantitative estimate of drug-likeness (QED) is 0.665. The molecular weight excluding hydrogens is 372 g/mol. The van der Waals surface area contributed by atoms with Gasteiger partial charge in [-0.15, -0.1) is 0 Å². The monoisotopic (exact) mass is 408 g/mol. The minimum absolute atomic E-state index is 0.419. The Hall–Kier alpha value is -0.240. The molecule has 6 nitrogen and oxygen atoms in total. The van der Waals surface area contributed by atoms with E-state index in [2.05, 4.69) is 13.8 Å². The van der Waals surface area contributed by atoms with Crippen LogP contribution in [-0.4, -0.2) is 57.0 Å². The standard InChI is InChI=1S/C23H36O6/c1-13-3-19-21(28-19)7-17(13)5-15-9-24-23(25-10-15)26-11-16(12-27-23)6-18-8-22-20(29-22)4-14(18)2/h13-22H,3-12H2,1-2H3. The molecule has 0 aromatic rings. The molecule has 4 saturated heterocycles. The first-order valence-electron chi connectivity index (χ1n) is 11.9. The van der Waals surface area contributed by atoms with Gasteiger partial charge in [0.1, 0.15) is 0 Å². The van der Waals surface area contributed by atoms with E-state index >= 15 is 0 Å². The zero-order valence-corrected chi connectivity index (χ0v) is 17.8. The molecule has 2 saturated carbocycles. The highest BCUT2D eigenvalue weighted by Gasteiger charge is 2.50. The predicted molar refractivity (Wildman–Crippen MR) is 104 cm³/mol. The van der Waals surface area contributed by atoms with Gasteiger partial charge in [-0.25, -0.2) is 0 Å². The second-order valence-electron chi connectivity index (χ2n) is 10.8. The van der Waals surface area contributed by atoms with Crippen molar-refractivity contribution in [3.63, 3.8) is 0 Å². The van der Waals surface area contributed by atoms with Gasteiger partial charge in [0, 0.05) is 11.8 Å². The minimum Gasteiger partial charge on any atom is -0.370 e. The first kappa shape index (κ1) is 19.4. The molecule has 2 aliphatic carbocycles. The van der Waals surface area contributed by atoms with E-state index in [1.54, 1.807) is 0 Å². The van der Waals surface area contributed by atoms with E-state index in [0.29, 0.717) is 62.7 Å². The van der Waals surface area contributed by atoms with Crippen molar-refractivity contribution < 1.29 is 28.4 Å². The fraction of sp³-hybridized carbons (Fsp3) is 1.00. The van der Waals surface area contributed by atoms with Crippen LogP contribution in [0.2, 0.25) is 0 Å². The van der Waals surface area contributed by atoms with Crippen molar-refractivity contribution >= 4 is 0 Å². The highest BCUT2D eigenvalue weighted by atomic mass is 17.0. The highest BCUT2D eigenvalue weighted by molar-refractivity contribution is 4.96. The molecule has 0 bridgehead atoms. The second-order valence-corrected chi connectivity index (χ2v) is 10.8. The Morgan fingerprint density at radius 1 is 0.586 bits per heavy atom. The number of fused-ring (bicyclic) bond motifs is 2. The smallest absolute Gasteiger partial charge is 0.370 e. The number of hydrogen-bond donors (Lipinski definition) is 0. The van der Waals surface area contributed by atoms with Crippen LogP contribution < -0.4 is 0 Å². The summed E-state index contributed by atoms with van der Waals surface area (Å²) in [7, 11) is 0. The fourth-order valence-electron chi connectivity index (χ4n) is 6.38. The van der Waals surface area contributed by atoms with E-state index in [-0.39, 0.29) is 0 Å². The fourth-order valence-corrected chi connectivity index (χ4v) is 6.38. The lowest BCUT2D eigenvalue weighted by Crippen LogP contribution is -2.53. The maximum absolute atomic E-state index is 6.00. The van der Waals surface area contributed by atoms with E-state index in [9.17, 15) is 0 Å². The summed E-state index contributed by atoms with van der Waals surface area (Å²) in [5, 5.41) is 0. The van der Waals surface area contributed by atoms with Crippen LogP contribution in [0.1, 0.15) is 52.4 Å². The number of epoxide rings is 2. The Morgan fingerprint density at radius 2 is 0.966 bits per heavy atom. The predicted octanol–water partition coefficient (Wildman–Crippen LogP) is 3.33. The van der Waals surface area contributed by atoms with Crippen molar-refractivity contribution in [1.29, 1.82) is 0 Å². The summed E-state index contributed by atoms with van der Waals surface area (Å²) in [6.07, 6.45) is 8.04. The zero-order valence-electron chi connectivity index (χ0n) is 17.8. The SMILES string of the molecule is CC1CC2OC2CC1CC1COC2(OC1)OCC(CC1CC3OC3CC1C)CO2. The third kappa shape index (κ3) is 4.01. The molecule has 6 aliphatic rings. The topological polar surface area (TPSA) is 62.0 Å². The third-order valence-corrected chi connectivity index (χ3v) is 8.52. The molecule has 8 unspecified atom stereocenters. The lowest BCUT2D eigenvalue weighted by molar-refractivity contribution is -0.535. The van der Waals surface area contributed by atoms with Gasteiger partial charge < -0.3 is 28.4 Å². The number of hydrogen-bond acceptors (Lipinski definition) is 6. The van der Waals surface area contributed by atoms with Crippen LogP contribution in [-0.2, 0) is 28.4 Å². The molecule has 4 heterocycles. The van der Waals surface area contributed by atoms with E-state index in [1.807, 2.05) is 0 Å². The molecular formula is C23H36O6. The van der Waals surface area contributed by atoms with E-state index < -0.39 is 6.16 Å². The molecule has 164 valence electrons. The van der Waals surface area contributed by atoms with Crippen molar-refractivity contribution in [2.24, 2.45) is 35.5 Å². The van der Waals surface area contributed by atoms with Gasteiger partial charge in [0.15, 0.2) is 0 Å². The van der Waals surface area contributed by atoms with Gasteiger partial charge in [-0.05, 0) is 62.2 Å². The maximum atomic E-state index is 6.00. The number of rotatable bonds is 4. The summed E-state index contributed by atoms with van der Waals surface area (Å²) in [4.78, 5) is 0. The van der Waals surface area contributed by atoms with Gasteiger partial charge in [0.25, 0.3) is 0 Å². The normalized spacial score (nSPS) is 56.5. The molecule has 6 rings (SSSR count). The summed E-state index contributed by atoms with van der Waals surface area (Å²) >= 11 is 0. The van der Waals surface area contributed by atoms with Gasteiger partial charge in [-0.1, -0.05) is 13.8 Å². The van der Waals surface area contributed by atoms with E-state index in [4.69, 9.17) is 28.4 Å². The van der Waals surface area contributed by atoms with Gasteiger partial charge in [-0.2, -0.15) is 0 Å². The molecule has 4 aliphatic heterocycles. The Balaban J connectivity index is 0.953. The number of ether oxygens (including phenoxy) is 6. The molecule has 0 amide bonds. The van der Waals surface area contributed by atoms with Crippen molar-refractivity contribution in [3.8, 4) is 0 Å². The van der Waals surface area contributed by atoms with Crippen LogP contribution in [0, 0.1) is 35.5 Å². The van der Waals surface area contributed by atoms with Crippen LogP contribution in [0.15, 0.2) is 0 Å². The van der Waals surface area contributed by atoms with Crippen molar-refractivity contribution in [2.75, 3.05) is 26.4 Å². The van der Waals surface area contributed by atoms with Crippen LogP contribution in [0.4, 0.5) is 0 Å². The summed E-state index contributed by atoms with van der Waals surface area (Å²) in [5.74, 6) is 3.74. The zero-order chi connectivity index (χ0) is 19.6.